The summed E-state index contributed by atoms with van der Waals surface area (Å²) < 4.78 is 11.6. The third kappa shape index (κ3) is 2.68. The molecule has 1 heterocycles. The highest BCUT2D eigenvalue weighted by atomic mass is 79.9. The lowest BCUT2D eigenvalue weighted by molar-refractivity contribution is -0.197. The molecule has 1 aliphatic heterocycles. The zero-order valence-electron chi connectivity index (χ0n) is 11.3. The van der Waals surface area contributed by atoms with Crippen molar-refractivity contribution in [3.8, 4) is 0 Å². The van der Waals surface area contributed by atoms with E-state index < -0.39 is 17.2 Å². The fourth-order valence-corrected chi connectivity index (χ4v) is 2.42. The molecule has 2 unspecified atom stereocenters. The Balaban J connectivity index is 2.37. The van der Waals surface area contributed by atoms with E-state index in [9.17, 15) is 4.79 Å². The Hall–Kier alpha value is -0.910. The smallest absolute Gasteiger partial charge is 0.323 e. The van der Waals surface area contributed by atoms with Gasteiger partial charge in [0.25, 0.3) is 0 Å². The van der Waals surface area contributed by atoms with Crippen LogP contribution in [0.25, 0.3) is 0 Å². The zero-order chi connectivity index (χ0) is 14.3. The van der Waals surface area contributed by atoms with Crippen LogP contribution in [0.4, 0.5) is 0 Å². The van der Waals surface area contributed by atoms with Gasteiger partial charge in [-0.2, -0.15) is 0 Å². The van der Waals surface area contributed by atoms with Crippen LogP contribution in [-0.2, 0) is 19.7 Å². The third-order valence-electron chi connectivity index (χ3n) is 3.08. The zero-order valence-corrected chi connectivity index (χ0v) is 12.9. The van der Waals surface area contributed by atoms with Crippen LogP contribution >= 0.6 is 15.9 Å². The lowest BCUT2D eigenvalue weighted by Crippen LogP contribution is -2.65. The predicted molar refractivity (Wildman–Crippen MR) is 75.6 cm³/mol. The van der Waals surface area contributed by atoms with Crippen molar-refractivity contribution in [2.45, 2.75) is 38.0 Å². The minimum Gasteiger partial charge on any atom is -0.459 e. The first-order valence-corrected chi connectivity index (χ1v) is 6.92. The highest BCUT2D eigenvalue weighted by Crippen LogP contribution is 2.39. The van der Waals surface area contributed by atoms with Crippen molar-refractivity contribution in [2.75, 3.05) is 6.61 Å². The topological polar surface area (TPSA) is 61.5 Å². The number of nitrogens with two attached hydrogens (primary N) is 1. The van der Waals surface area contributed by atoms with E-state index in [1.165, 1.54) is 0 Å². The predicted octanol–water partition coefficient (Wildman–Crippen LogP) is 2.34. The molecule has 5 heteroatoms. The monoisotopic (exact) mass is 327 g/mol. The summed E-state index contributed by atoms with van der Waals surface area (Å²) in [6.45, 7) is 5.76. The van der Waals surface area contributed by atoms with E-state index in [0.29, 0.717) is 0 Å². The molecular weight excluding hydrogens is 310 g/mol. The van der Waals surface area contributed by atoms with Gasteiger partial charge in [0.05, 0.1) is 6.61 Å². The quantitative estimate of drug-likeness (QED) is 0.847. The van der Waals surface area contributed by atoms with Gasteiger partial charge in [-0.15, -0.1) is 0 Å². The van der Waals surface area contributed by atoms with E-state index in [1.54, 1.807) is 0 Å². The van der Waals surface area contributed by atoms with Crippen LogP contribution < -0.4 is 5.73 Å². The van der Waals surface area contributed by atoms with E-state index >= 15 is 0 Å². The molecular formula is C14H18BrNO3. The molecule has 2 rings (SSSR count). The van der Waals surface area contributed by atoms with Gasteiger partial charge >= 0.3 is 5.97 Å². The molecule has 104 valence electrons. The van der Waals surface area contributed by atoms with E-state index in [2.05, 4.69) is 15.9 Å². The van der Waals surface area contributed by atoms with Crippen molar-refractivity contribution in [2.24, 2.45) is 5.73 Å². The van der Waals surface area contributed by atoms with Crippen molar-refractivity contribution < 1.29 is 14.3 Å². The fraction of sp³-hybridized carbons (Fsp3) is 0.500. The summed E-state index contributed by atoms with van der Waals surface area (Å²) in [7, 11) is 0. The second-order valence-corrected chi connectivity index (χ2v) is 6.63. The maximum absolute atomic E-state index is 12.5. The SMILES string of the molecule is CC(C)(C)OC(=O)C1(c2cccc(Br)c2)COC1N. The Labute approximate surface area is 121 Å². The molecule has 0 bridgehead atoms. The molecule has 0 saturated carbocycles. The van der Waals surface area contributed by atoms with Gasteiger partial charge in [-0.25, -0.2) is 0 Å². The fourth-order valence-electron chi connectivity index (χ4n) is 2.02. The van der Waals surface area contributed by atoms with Gasteiger partial charge in [0.1, 0.15) is 11.8 Å². The van der Waals surface area contributed by atoms with Crippen molar-refractivity contribution in [3.05, 3.63) is 34.3 Å². The molecule has 1 aliphatic rings. The third-order valence-corrected chi connectivity index (χ3v) is 3.57. The van der Waals surface area contributed by atoms with E-state index in [1.807, 2.05) is 45.0 Å². The number of esters is 1. The van der Waals surface area contributed by atoms with E-state index in [4.69, 9.17) is 15.2 Å². The second kappa shape index (κ2) is 4.89. The van der Waals surface area contributed by atoms with Gasteiger partial charge in [-0.05, 0) is 38.5 Å². The van der Waals surface area contributed by atoms with Crippen molar-refractivity contribution >= 4 is 21.9 Å². The molecule has 0 radical (unpaired) electrons. The summed E-state index contributed by atoms with van der Waals surface area (Å²) in [5, 5.41) is 0. The Morgan fingerprint density at radius 1 is 1.53 bits per heavy atom. The number of benzene rings is 1. The highest BCUT2D eigenvalue weighted by molar-refractivity contribution is 9.10. The van der Waals surface area contributed by atoms with Crippen LogP contribution in [-0.4, -0.2) is 24.4 Å². The summed E-state index contributed by atoms with van der Waals surface area (Å²) >= 11 is 3.40. The molecule has 2 N–H and O–H groups in total. The minimum atomic E-state index is -0.906. The maximum atomic E-state index is 12.5. The number of carbonyl (C=O) groups is 1. The summed E-state index contributed by atoms with van der Waals surface area (Å²) in [5.74, 6) is -0.336. The van der Waals surface area contributed by atoms with Crippen LogP contribution in [0, 0.1) is 0 Å². The molecule has 2 atom stereocenters. The number of ether oxygens (including phenoxy) is 2. The molecule has 0 spiro atoms. The number of rotatable bonds is 2. The van der Waals surface area contributed by atoms with Gasteiger partial charge in [-0.3, -0.25) is 4.79 Å². The number of hydrogen-bond acceptors (Lipinski definition) is 4. The Morgan fingerprint density at radius 2 is 2.21 bits per heavy atom. The second-order valence-electron chi connectivity index (χ2n) is 5.72. The van der Waals surface area contributed by atoms with Crippen LogP contribution in [0.1, 0.15) is 26.3 Å². The largest absolute Gasteiger partial charge is 0.459 e. The van der Waals surface area contributed by atoms with Gasteiger partial charge in [-0.1, -0.05) is 28.1 Å². The number of halogens is 1. The molecule has 0 aromatic heterocycles. The van der Waals surface area contributed by atoms with Gasteiger partial charge in [0.2, 0.25) is 0 Å². The van der Waals surface area contributed by atoms with Crippen molar-refractivity contribution in [1.82, 2.24) is 0 Å². The van der Waals surface area contributed by atoms with Gasteiger partial charge < -0.3 is 15.2 Å². The molecule has 19 heavy (non-hydrogen) atoms. The van der Waals surface area contributed by atoms with Crippen molar-refractivity contribution in [1.29, 1.82) is 0 Å². The summed E-state index contributed by atoms with van der Waals surface area (Å²) in [5.41, 5.74) is 5.28. The Kier molecular flexibility index (Phi) is 3.73. The van der Waals surface area contributed by atoms with Gasteiger partial charge in [0.15, 0.2) is 5.41 Å². The molecule has 1 aromatic rings. The maximum Gasteiger partial charge on any atom is 0.323 e. The first-order valence-electron chi connectivity index (χ1n) is 6.12. The molecule has 0 aliphatic carbocycles. The Bertz CT molecular complexity index is 498. The summed E-state index contributed by atoms with van der Waals surface area (Å²) in [4.78, 5) is 12.5. The average Bonchev–Trinajstić information content (AvgIpc) is 2.25. The highest BCUT2D eigenvalue weighted by Gasteiger charge is 2.56. The van der Waals surface area contributed by atoms with Crippen LogP contribution in [0.3, 0.4) is 0 Å². The summed E-state index contributed by atoms with van der Waals surface area (Å²) in [6.07, 6.45) is -0.670. The Morgan fingerprint density at radius 3 is 2.63 bits per heavy atom. The van der Waals surface area contributed by atoms with Crippen LogP contribution in [0.15, 0.2) is 28.7 Å². The van der Waals surface area contributed by atoms with Crippen LogP contribution in [0.5, 0.6) is 0 Å². The molecule has 4 nitrogen and oxygen atoms in total. The molecule has 1 saturated heterocycles. The first kappa shape index (κ1) is 14.5. The lowest BCUT2D eigenvalue weighted by atomic mass is 9.76. The first-order chi connectivity index (χ1) is 8.75. The number of hydrogen-bond donors (Lipinski definition) is 1. The minimum absolute atomic E-state index is 0.250. The van der Waals surface area contributed by atoms with E-state index in [0.717, 1.165) is 10.0 Å². The molecule has 1 aromatic carbocycles. The van der Waals surface area contributed by atoms with E-state index in [-0.39, 0.29) is 12.6 Å². The molecule has 0 amide bonds. The average molecular weight is 328 g/mol. The van der Waals surface area contributed by atoms with Crippen LogP contribution in [0.2, 0.25) is 0 Å². The van der Waals surface area contributed by atoms with Crippen molar-refractivity contribution in [3.63, 3.8) is 0 Å². The standard InChI is InChI=1S/C14H18BrNO3/c1-13(2,3)19-12(17)14(8-18-11(14)16)9-5-4-6-10(15)7-9/h4-7,11H,8,16H2,1-3H3. The number of carbonyl (C=O) groups excluding carboxylic acids is 1. The summed E-state index contributed by atoms with van der Waals surface area (Å²) in [6, 6.07) is 7.53. The molecule has 1 fully saturated rings. The lowest BCUT2D eigenvalue weighted by Gasteiger charge is -2.46. The normalized spacial score (nSPS) is 26.7. The van der Waals surface area contributed by atoms with Gasteiger partial charge in [0, 0.05) is 4.47 Å².